The Morgan fingerprint density at radius 1 is 1.03 bits per heavy atom. The molecular weight excluding hydrogens is 480 g/mol. The van der Waals surface area contributed by atoms with Crippen molar-refractivity contribution in [2.24, 2.45) is 7.05 Å². The summed E-state index contributed by atoms with van der Waals surface area (Å²) in [5.41, 5.74) is 4.45. The molecule has 1 saturated carbocycles. The van der Waals surface area contributed by atoms with Crippen molar-refractivity contribution in [1.29, 1.82) is 0 Å². The van der Waals surface area contributed by atoms with Crippen molar-refractivity contribution in [2.75, 3.05) is 37.0 Å². The summed E-state index contributed by atoms with van der Waals surface area (Å²) in [4.78, 5) is 28.7. The number of hydrogen-bond donors (Lipinski definition) is 1. The van der Waals surface area contributed by atoms with Crippen LogP contribution < -0.4 is 24.8 Å². The third kappa shape index (κ3) is 3.99. The molecule has 36 heavy (non-hydrogen) atoms. The smallest absolute Gasteiger partial charge is 0.264 e. The standard InChI is InChI=1S/C26H30N4O5S/c1-15-10-20-21(29(4)26(15)32)11-18(35-5)12-22(20)30-9-8-28(3)23-13-19(17-6-7-17)25(14-24(23)30)36(33,34)27-16(2)31/h10-14,17H,6-9H2,1-5H3,(H,27,31). The molecule has 9 nitrogen and oxygen atoms in total. The Bertz CT molecular complexity index is 1570. The van der Waals surface area contributed by atoms with Crippen LogP contribution in [-0.4, -0.2) is 46.1 Å². The van der Waals surface area contributed by atoms with E-state index in [0.29, 0.717) is 17.9 Å². The third-order valence-electron chi connectivity index (χ3n) is 7.05. The number of carbonyl (C=O) groups excluding carboxylic acids is 1. The fourth-order valence-corrected chi connectivity index (χ4v) is 6.33. The van der Waals surface area contributed by atoms with Crippen LogP contribution in [0.3, 0.4) is 0 Å². The van der Waals surface area contributed by atoms with Gasteiger partial charge in [-0.1, -0.05) is 0 Å². The van der Waals surface area contributed by atoms with Crippen LogP contribution in [-0.2, 0) is 21.9 Å². The van der Waals surface area contributed by atoms with Gasteiger partial charge >= 0.3 is 0 Å². The van der Waals surface area contributed by atoms with E-state index >= 15 is 0 Å². The van der Waals surface area contributed by atoms with Gasteiger partial charge in [-0.25, -0.2) is 13.1 Å². The highest BCUT2D eigenvalue weighted by atomic mass is 32.2. The number of rotatable bonds is 5. The zero-order valence-corrected chi connectivity index (χ0v) is 21.9. The van der Waals surface area contributed by atoms with Gasteiger partial charge in [0.15, 0.2) is 0 Å². The predicted octanol–water partition coefficient (Wildman–Crippen LogP) is 3.15. The molecule has 1 amide bonds. The zero-order chi connectivity index (χ0) is 25.9. The molecule has 3 aromatic rings. The molecule has 1 aromatic heterocycles. The van der Waals surface area contributed by atoms with Crippen molar-refractivity contribution < 1.29 is 17.9 Å². The van der Waals surface area contributed by atoms with E-state index in [-0.39, 0.29) is 16.4 Å². The molecule has 10 heteroatoms. The second kappa shape index (κ2) is 8.55. The van der Waals surface area contributed by atoms with E-state index < -0.39 is 15.9 Å². The molecule has 0 radical (unpaired) electrons. The molecule has 0 saturated heterocycles. The number of sulfonamides is 1. The van der Waals surface area contributed by atoms with Gasteiger partial charge in [-0.2, -0.15) is 0 Å². The van der Waals surface area contributed by atoms with Gasteiger partial charge in [0.25, 0.3) is 15.6 Å². The molecule has 1 aliphatic carbocycles. The van der Waals surface area contributed by atoms with E-state index in [1.807, 2.05) is 31.3 Å². The molecule has 2 aromatic carbocycles. The van der Waals surface area contributed by atoms with Gasteiger partial charge < -0.3 is 19.1 Å². The zero-order valence-electron chi connectivity index (χ0n) is 21.1. The highest BCUT2D eigenvalue weighted by molar-refractivity contribution is 7.90. The lowest BCUT2D eigenvalue weighted by Gasteiger charge is -2.38. The molecule has 1 N–H and O–H groups in total. The van der Waals surface area contributed by atoms with Crippen molar-refractivity contribution >= 4 is 43.9 Å². The molecule has 0 bridgehead atoms. The van der Waals surface area contributed by atoms with E-state index in [4.69, 9.17) is 4.74 Å². The quantitative estimate of drug-likeness (QED) is 0.563. The number of hydrogen-bond acceptors (Lipinski definition) is 7. The van der Waals surface area contributed by atoms with Crippen LogP contribution in [0.15, 0.2) is 40.0 Å². The first-order chi connectivity index (χ1) is 17.0. The molecular formula is C26H30N4O5S. The number of anilines is 3. The van der Waals surface area contributed by atoms with Crippen LogP contribution >= 0.6 is 0 Å². The van der Waals surface area contributed by atoms with Gasteiger partial charge in [-0.05, 0) is 49.4 Å². The van der Waals surface area contributed by atoms with Gasteiger partial charge in [0, 0.05) is 57.2 Å². The molecule has 0 spiro atoms. The number of nitrogens with zero attached hydrogens (tertiary/aromatic N) is 3. The largest absolute Gasteiger partial charge is 0.497 e. The number of fused-ring (bicyclic) bond motifs is 2. The summed E-state index contributed by atoms with van der Waals surface area (Å²) in [7, 11) is 1.26. The maximum Gasteiger partial charge on any atom is 0.264 e. The number of aromatic nitrogens is 1. The van der Waals surface area contributed by atoms with Gasteiger partial charge in [-0.15, -0.1) is 0 Å². The predicted molar refractivity (Wildman–Crippen MR) is 140 cm³/mol. The normalized spacial score (nSPS) is 15.7. The Hall–Kier alpha value is -3.53. The molecule has 190 valence electrons. The van der Waals surface area contributed by atoms with Crippen LogP contribution in [0.1, 0.15) is 36.8 Å². The van der Waals surface area contributed by atoms with Crippen LogP contribution in [0.25, 0.3) is 10.9 Å². The lowest BCUT2D eigenvalue weighted by Crippen LogP contribution is -2.37. The molecule has 5 rings (SSSR count). The summed E-state index contributed by atoms with van der Waals surface area (Å²) in [6, 6.07) is 9.26. The first-order valence-electron chi connectivity index (χ1n) is 11.9. The van der Waals surface area contributed by atoms with Gasteiger partial charge in [0.1, 0.15) is 5.75 Å². The average molecular weight is 511 g/mol. The minimum Gasteiger partial charge on any atom is -0.497 e. The first kappa shape index (κ1) is 24.2. The molecule has 1 fully saturated rings. The van der Waals surface area contributed by atoms with Crippen molar-refractivity contribution in [3.8, 4) is 5.75 Å². The Labute approximate surface area is 210 Å². The monoisotopic (exact) mass is 510 g/mol. The minimum atomic E-state index is -4.04. The number of ether oxygens (including phenoxy) is 1. The summed E-state index contributed by atoms with van der Waals surface area (Å²) in [5, 5.41) is 0.864. The summed E-state index contributed by atoms with van der Waals surface area (Å²) < 4.78 is 35.8. The number of carbonyl (C=O) groups is 1. The molecule has 2 aliphatic rings. The minimum absolute atomic E-state index is 0.0850. The number of nitrogens with one attached hydrogen (secondary N) is 1. The highest BCUT2D eigenvalue weighted by Gasteiger charge is 2.35. The molecule has 0 unspecified atom stereocenters. The SMILES string of the molecule is COc1cc(N2CCN(C)c3cc(C4CC4)c(S(=O)(=O)NC(C)=O)cc32)c2cc(C)c(=O)n(C)c2c1. The van der Waals surface area contributed by atoms with Crippen molar-refractivity contribution in [3.63, 3.8) is 0 Å². The fraction of sp³-hybridized carbons (Fsp3) is 0.385. The van der Waals surface area contributed by atoms with Crippen LogP contribution in [0.4, 0.5) is 17.1 Å². The van der Waals surface area contributed by atoms with E-state index in [9.17, 15) is 18.0 Å². The number of aryl methyl sites for hydroxylation is 2. The summed E-state index contributed by atoms with van der Waals surface area (Å²) in [6.07, 6.45) is 1.84. The maximum atomic E-state index is 13.2. The molecule has 0 atom stereocenters. The molecule has 1 aliphatic heterocycles. The van der Waals surface area contributed by atoms with E-state index in [1.165, 1.54) is 6.92 Å². The summed E-state index contributed by atoms with van der Waals surface area (Å²) in [6.45, 7) is 4.30. The Balaban J connectivity index is 1.79. The van der Waals surface area contributed by atoms with E-state index in [2.05, 4.69) is 14.5 Å². The number of methoxy groups -OCH3 is 1. The highest BCUT2D eigenvalue weighted by Crippen LogP contribution is 2.49. The number of benzene rings is 2. The van der Waals surface area contributed by atoms with Gasteiger partial charge in [0.05, 0.1) is 34.6 Å². The van der Waals surface area contributed by atoms with Crippen molar-refractivity contribution in [3.05, 3.63) is 51.8 Å². The van der Waals surface area contributed by atoms with E-state index in [1.54, 1.807) is 31.7 Å². The first-order valence-corrected chi connectivity index (χ1v) is 13.4. The second-order valence-corrected chi connectivity index (χ2v) is 11.3. The van der Waals surface area contributed by atoms with Crippen LogP contribution in [0.5, 0.6) is 5.75 Å². The van der Waals surface area contributed by atoms with Gasteiger partial charge in [0.2, 0.25) is 5.91 Å². The number of pyridine rings is 1. The maximum absolute atomic E-state index is 13.2. The number of amides is 1. The summed E-state index contributed by atoms with van der Waals surface area (Å²) in [5.74, 6) is 0.128. The third-order valence-corrected chi connectivity index (χ3v) is 8.54. The Morgan fingerprint density at radius 3 is 2.39 bits per heavy atom. The van der Waals surface area contributed by atoms with Crippen LogP contribution in [0.2, 0.25) is 0 Å². The van der Waals surface area contributed by atoms with Crippen molar-refractivity contribution in [1.82, 2.24) is 9.29 Å². The lowest BCUT2D eigenvalue weighted by molar-refractivity contribution is -0.117. The summed E-state index contributed by atoms with van der Waals surface area (Å²) >= 11 is 0. The lowest BCUT2D eigenvalue weighted by atomic mass is 10.0. The number of likely N-dealkylation sites (N-methyl/N-ethyl adjacent to an activating group) is 1. The van der Waals surface area contributed by atoms with E-state index in [0.717, 1.165) is 52.9 Å². The van der Waals surface area contributed by atoms with Crippen molar-refractivity contribution in [2.45, 2.75) is 37.5 Å². The average Bonchev–Trinajstić information content (AvgIpc) is 3.67. The molecule has 2 heterocycles. The topological polar surface area (TPSA) is 101 Å². The second-order valence-electron chi connectivity index (χ2n) is 9.66. The Kier molecular flexibility index (Phi) is 5.74. The van der Waals surface area contributed by atoms with Crippen LogP contribution in [0, 0.1) is 6.92 Å². The Morgan fingerprint density at radius 2 is 1.75 bits per heavy atom. The fourth-order valence-electron chi connectivity index (χ4n) is 5.04. The van der Waals surface area contributed by atoms with Gasteiger partial charge in [-0.3, -0.25) is 9.59 Å².